The number of fused-ring (bicyclic) bond motifs is 2. The molecule has 0 aliphatic carbocycles. The maximum atomic E-state index is 12.4. The van der Waals surface area contributed by atoms with E-state index in [-0.39, 0.29) is 72.3 Å². The lowest BCUT2D eigenvalue weighted by Crippen LogP contribution is -2.23. The zero-order valence-electron chi connectivity index (χ0n) is 37.1. The van der Waals surface area contributed by atoms with Gasteiger partial charge in [-0.25, -0.2) is 24.9 Å². The van der Waals surface area contributed by atoms with Crippen LogP contribution in [0.25, 0.3) is 11.2 Å². The number of aromatic amines is 1. The number of anilines is 1. The van der Waals surface area contributed by atoms with E-state index in [0.717, 1.165) is 6.42 Å². The molecule has 2 saturated heterocycles. The maximum absolute atomic E-state index is 12.4. The second-order valence-electron chi connectivity index (χ2n) is 15.9. The van der Waals surface area contributed by atoms with Crippen LogP contribution in [0.5, 0.6) is 0 Å². The molecule has 7 unspecified atom stereocenters. The minimum absolute atomic E-state index is 0.0239. The number of nitrogens with one attached hydrogen (secondary N) is 2. The van der Waals surface area contributed by atoms with Crippen molar-refractivity contribution in [3.05, 3.63) is 109 Å². The highest BCUT2D eigenvalue weighted by Crippen LogP contribution is 2.40. The molecule has 2 fully saturated rings. The van der Waals surface area contributed by atoms with Crippen molar-refractivity contribution in [3.8, 4) is 0 Å². The number of rotatable bonds is 15. The first-order chi connectivity index (χ1) is 31.7. The molecular weight excluding hydrogens is 880 g/mol. The van der Waals surface area contributed by atoms with Gasteiger partial charge in [-0.15, -0.1) is 0 Å². The molecule has 0 bridgehead atoms. The molecule has 2 N–H and O–H groups in total. The van der Waals surface area contributed by atoms with Crippen LogP contribution in [0.15, 0.2) is 81.0 Å². The third-order valence-electron chi connectivity index (χ3n) is 10.8. The maximum Gasteiger partial charge on any atom is 0.280 e. The van der Waals surface area contributed by atoms with Gasteiger partial charge in [0.2, 0.25) is 11.9 Å². The number of hydrogen-bond acceptors (Lipinski definition) is 16. The Labute approximate surface area is 383 Å². The fourth-order valence-electron chi connectivity index (χ4n) is 7.63. The molecule has 3 aromatic heterocycles. The van der Waals surface area contributed by atoms with Crippen molar-refractivity contribution in [2.75, 3.05) is 33.5 Å². The zero-order valence-corrected chi connectivity index (χ0v) is 37.9. The van der Waals surface area contributed by atoms with Gasteiger partial charge in [-0.3, -0.25) is 39.1 Å². The van der Waals surface area contributed by atoms with Gasteiger partial charge in [0.1, 0.15) is 24.0 Å². The molecule has 2 aromatic carbocycles. The van der Waals surface area contributed by atoms with Crippen LogP contribution >= 0.6 is 11.6 Å². The number of benzene rings is 2. The molecule has 3 aliphatic heterocycles. The average molecular weight is 931 g/mol. The van der Waals surface area contributed by atoms with E-state index < -0.39 is 21.6 Å². The lowest BCUT2D eigenvalue weighted by molar-refractivity contribution is -0.386. The van der Waals surface area contributed by atoms with E-state index in [0.29, 0.717) is 53.5 Å². The second kappa shape index (κ2) is 21.1. The molecule has 0 saturated carbocycles. The van der Waals surface area contributed by atoms with Gasteiger partial charge in [-0.05, 0) is 25.0 Å². The van der Waals surface area contributed by atoms with Crippen molar-refractivity contribution in [1.82, 2.24) is 38.9 Å². The number of para-hydroxylation sites is 2. The fraction of sp³-hybridized carbons (Fsp3) is 0.452. The quantitative estimate of drug-likeness (QED) is 0.0295. The lowest BCUT2D eigenvalue weighted by atomic mass is 10.1. The standard InChI is InChI=1S/C21H26ClN7O4.C21H25N7O5/c1-4-15-16(32-10-13-7-5-6-8-14(13)29(30)31)9-17(33-15)28-12-23-18-19(22)25-21(26-20(18)28)24-11-27(2)3;1-4-15-16(32-10-13-7-5-6-8-14(13)28(30)31)9-17(33-15)27-12-22-18-19(27)24-21(25-20(18)29)23-11-26(2)3/h5-8,11-12,15-17,19H,4,9-10H2,1-3H3,(H,25,26);5-8,11-12,15-17H,4,9-10H2,1-3H3,(H,24,25,29). The van der Waals surface area contributed by atoms with Crippen molar-refractivity contribution >= 4 is 64.5 Å². The summed E-state index contributed by atoms with van der Waals surface area (Å²) < 4.78 is 28.2. The van der Waals surface area contributed by atoms with Crippen LogP contribution in [0, 0.1) is 20.2 Å². The number of aromatic nitrogens is 6. The largest absolute Gasteiger partial charge is 0.370 e. The van der Waals surface area contributed by atoms with Crippen LogP contribution in [0.2, 0.25) is 0 Å². The van der Waals surface area contributed by atoms with Crippen LogP contribution in [0.3, 0.4) is 0 Å². The summed E-state index contributed by atoms with van der Waals surface area (Å²) in [7, 11) is 7.35. The molecule has 23 nitrogen and oxygen atoms in total. The summed E-state index contributed by atoms with van der Waals surface area (Å²) in [6.07, 6.45) is 7.15. The minimum Gasteiger partial charge on any atom is -0.370 e. The summed E-state index contributed by atoms with van der Waals surface area (Å²) in [4.78, 5) is 66.2. The fourth-order valence-corrected chi connectivity index (χ4v) is 7.88. The summed E-state index contributed by atoms with van der Waals surface area (Å²) in [5.74, 6) is 1.22. The summed E-state index contributed by atoms with van der Waals surface area (Å²) in [6, 6.07) is 13.1. The van der Waals surface area contributed by atoms with Gasteiger partial charge >= 0.3 is 0 Å². The van der Waals surface area contributed by atoms with E-state index in [4.69, 9.17) is 30.5 Å². The number of H-pyrrole nitrogens is 1. The third-order valence-corrected chi connectivity index (χ3v) is 11.1. The van der Waals surface area contributed by atoms with Gasteiger partial charge in [0.25, 0.3) is 16.9 Å². The molecule has 7 atom stereocenters. The minimum atomic E-state index is -0.661. The number of nitro groups is 2. The monoisotopic (exact) mass is 930 g/mol. The Morgan fingerprint density at radius 3 is 1.91 bits per heavy atom. The first kappa shape index (κ1) is 47.3. The number of nitro benzene ring substituents is 2. The van der Waals surface area contributed by atoms with Gasteiger partial charge < -0.3 is 34.1 Å². The molecule has 0 radical (unpaired) electrons. The Morgan fingerprint density at radius 1 is 0.833 bits per heavy atom. The molecule has 8 rings (SSSR count). The van der Waals surface area contributed by atoms with Crippen LogP contribution in [0.4, 0.5) is 23.1 Å². The summed E-state index contributed by atoms with van der Waals surface area (Å²) in [6.45, 7) is 4.23. The smallest absolute Gasteiger partial charge is 0.280 e. The highest BCUT2D eigenvalue weighted by atomic mass is 35.5. The number of guanidine groups is 1. The number of ether oxygens (including phenoxy) is 4. The Morgan fingerprint density at radius 2 is 1.36 bits per heavy atom. The molecule has 3 aliphatic rings. The van der Waals surface area contributed by atoms with Gasteiger partial charge in [0.05, 0.1) is 83.9 Å². The molecule has 0 spiro atoms. The predicted octanol–water partition coefficient (Wildman–Crippen LogP) is 6.22. The van der Waals surface area contributed by atoms with E-state index in [9.17, 15) is 25.0 Å². The first-order valence-electron chi connectivity index (χ1n) is 21.2. The van der Waals surface area contributed by atoms with Gasteiger partial charge in [0, 0.05) is 53.2 Å². The molecule has 24 heteroatoms. The number of nitrogens with zero attached hydrogens (tertiary/aromatic N) is 12. The number of halogens is 1. The van der Waals surface area contributed by atoms with E-state index in [1.165, 1.54) is 24.8 Å². The number of aliphatic imine (C=N–C) groups is 3. The van der Waals surface area contributed by atoms with E-state index >= 15 is 0 Å². The lowest BCUT2D eigenvalue weighted by Gasteiger charge is -2.21. The Hall–Kier alpha value is -6.66. The highest BCUT2D eigenvalue weighted by Gasteiger charge is 2.39. The average Bonchev–Trinajstić information content (AvgIpc) is 4.11. The normalized spacial score (nSPS) is 22.5. The van der Waals surface area contributed by atoms with E-state index in [1.54, 1.807) is 63.4 Å². The molecule has 350 valence electrons. The highest BCUT2D eigenvalue weighted by molar-refractivity contribution is 6.22. The van der Waals surface area contributed by atoms with Crippen molar-refractivity contribution in [3.63, 3.8) is 0 Å². The van der Waals surface area contributed by atoms with Crippen LogP contribution in [-0.2, 0) is 32.2 Å². The molecular formula is C42H51ClN14O9. The van der Waals surface area contributed by atoms with E-state index in [2.05, 4.69) is 40.2 Å². The second-order valence-corrected chi connectivity index (χ2v) is 16.4. The van der Waals surface area contributed by atoms with Crippen LogP contribution in [-0.4, -0.2) is 120 Å². The van der Waals surface area contributed by atoms with Crippen molar-refractivity contribution in [1.29, 1.82) is 0 Å². The summed E-state index contributed by atoms with van der Waals surface area (Å²) >= 11 is 6.41. The topological polar surface area (TPSA) is 260 Å². The third kappa shape index (κ3) is 10.9. The first-order valence-corrected chi connectivity index (χ1v) is 21.6. The van der Waals surface area contributed by atoms with E-state index in [1.807, 2.05) is 46.6 Å². The van der Waals surface area contributed by atoms with Gasteiger partial charge in [0.15, 0.2) is 16.7 Å². The predicted molar refractivity (Wildman–Crippen MR) is 245 cm³/mol. The van der Waals surface area contributed by atoms with Crippen LogP contribution in [0.1, 0.15) is 74.3 Å². The number of hydrogen-bond donors (Lipinski definition) is 2. The molecule has 5 aromatic rings. The Balaban J connectivity index is 0.000000196. The molecule has 0 amide bonds. The van der Waals surface area contributed by atoms with Crippen molar-refractivity contribution in [2.24, 2.45) is 15.0 Å². The Bertz CT molecular complexity index is 2670. The van der Waals surface area contributed by atoms with Crippen molar-refractivity contribution in [2.45, 2.75) is 95.1 Å². The number of alkyl halides is 1. The molecule has 6 heterocycles. The SMILES string of the molecule is CCC1OC(n2cnc3c(=O)[nH]c(N=CN(C)C)nc32)CC1OCc1ccccc1[N+](=O)[O-].CCC1OC(n2cnc3c2NC(N=CN(C)C)=NC3Cl)CC1OCc1ccccc1[N+](=O)[O-]. The van der Waals surface area contributed by atoms with Crippen molar-refractivity contribution < 1.29 is 28.8 Å². The summed E-state index contributed by atoms with van der Waals surface area (Å²) in [5, 5.41) is 25.8. The van der Waals surface area contributed by atoms with Crippen LogP contribution < -0.4 is 10.9 Å². The zero-order chi connectivity index (χ0) is 47.1. The number of imidazole rings is 2. The van der Waals surface area contributed by atoms with Gasteiger partial charge in [-0.1, -0.05) is 49.7 Å². The van der Waals surface area contributed by atoms with Gasteiger partial charge in [-0.2, -0.15) is 4.98 Å². The molecule has 66 heavy (non-hydrogen) atoms. The summed E-state index contributed by atoms with van der Waals surface area (Å²) in [5.41, 5.74) is 1.22. The Kier molecular flexibility index (Phi) is 15.1.